The van der Waals surface area contributed by atoms with Gasteiger partial charge in [0.25, 0.3) is 0 Å². The summed E-state index contributed by atoms with van der Waals surface area (Å²) in [6.45, 7) is 2.36. The van der Waals surface area contributed by atoms with E-state index in [9.17, 15) is 9.59 Å². The molecule has 1 aliphatic rings. The molecule has 2 aromatic rings. The lowest BCUT2D eigenvalue weighted by Crippen LogP contribution is -2.49. The standard InChI is InChI=1S/C25H30Cl2N2O3/c1-17-8-3-6-13-22(17)28-25(31)24(20-11-4-5-12-21(20)27)29(23(30)15-26)16-18-9-7-10-19(14-18)32-2/h4-5,7,9-12,14,17,22,24H,3,6,8,13,15-16H2,1-2H3,(H,28,31)/t17-,22-,24+/m1/s1. The number of rotatable bonds is 8. The largest absolute Gasteiger partial charge is 0.497 e. The van der Waals surface area contributed by atoms with Crippen molar-refractivity contribution in [3.8, 4) is 5.75 Å². The number of carbonyl (C=O) groups is 2. The fourth-order valence-corrected chi connectivity index (χ4v) is 4.70. The number of nitrogens with zero attached hydrogens (tertiary/aromatic N) is 1. The Morgan fingerprint density at radius 2 is 1.91 bits per heavy atom. The van der Waals surface area contributed by atoms with Gasteiger partial charge in [-0.15, -0.1) is 11.6 Å². The molecule has 0 saturated heterocycles. The van der Waals surface area contributed by atoms with Gasteiger partial charge in [0.05, 0.1) is 7.11 Å². The number of halogens is 2. The Hall–Kier alpha value is -2.24. The molecule has 0 aliphatic heterocycles. The molecule has 0 unspecified atom stereocenters. The van der Waals surface area contributed by atoms with Gasteiger partial charge in [-0.3, -0.25) is 9.59 Å². The Morgan fingerprint density at radius 1 is 1.16 bits per heavy atom. The van der Waals surface area contributed by atoms with Crippen LogP contribution >= 0.6 is 23.2 Å². The highest BCUT2D eigenvalue weighted by atomic mass is 35.5. The van der Waals surface area contributed by atoms with Crippen LogP contribution in [0.3, 0.4) is 0 Å². The van der Waals surface area contributed by atoms with Crippen molar-refractivity contribution in [1.82, 2.24) is 10.2 Å². The second kappa shape index (κ2) is 11.6. The van der Waals surface area contributed by atoms with Gasteiger partial charge in [0, 0.05) is 23.2 Å². The minimum absolute atomic E-state index is 0.0750. The molecule has 32 heavy (non-hydrogen) atoms. The third-order valence-electron chi connectivity index (χ3n) is 6.12. The summed E-state index contributed by atoms with van der Waals surface area (Å²) in [6.07, 6.45) is 4.27. The number of alkyl halides is 1. The molecule has 0 bridgehead atoms. The van der Waals surface area contributed by atoms with Gasteiger partial charge in [0.15, 0.2) is 0 Å². The summed E-state index contributed by atoms with van der Waals surface area (Å²) in [6, 6.07) is 13.7. The van der Waals surface area contributed by atoms with E-state index < -0.39 is 6.04 Å². The lowest BCUT2D eigenvalue weighted by atomic mass is 9.85. The third-order valence-corrected chi connectivity index (χ3v) is 6.69. The molecule has 2 amide bonds. The summed E-state index contributed by atoms with van der Waals surface area (Å²) in [5.74, 6) is 0.244. The van der Waals surface area contributed by atoms with Gasteiger partial charge in [0.2, 0.25) is 11.8 Å². The van der Waals surface area contributed by atoms with E-state index in [2.05, 4.69) is 12.2 Å². The monoisotopic (exact) mass is 476 g/mol. The number of nitrogens with one attached hydrogen (secondary N) is 1. The molecule has 1 saturated carbocycles. The quantitative estimate of drug-likeness (QED) is 0.522. The van der Waals surface area contributed by atoms with Gasteiger partial charge in [-0.2, -0.15) is 0 Å². The molecule has 7 heteroatoms. The molecule has 172 valence electrons. The minimum Gasteiger partial charge on any atom is -0.497 e. The summed E-state index contributed by atoms with van der Waals surface area (Å²) in [7, 11) is 1.59. The van der Waals surface area contributed by atoms with Crippen LogP contribution in [0.5, 0.6) is 5.75 Å². The number of methoxy groups -OCH3 is 1. The number of benzene rings is 2. The van der Waals surface area contributed by atoms with Crippen LogP contribution in [0.1, 0.15) is 49.8 Å². The average molecular weight is 477 g/mol. The van der Waals surface area contributed by atoms with Gasteiger partial charge < -0.3 is 15.0 Å². The normalized spacial score (nSPS) is 19.1. The predicted octanol–water partition coefficient (Wildman–Crippen LogP) is 5.35. The zero-order valence-corrected chi connectivity index (χ0v) is 20.0. The van der Waals surface area contributed by atoms with E-state index in [1.807, 2.05) is 30.3 Å². The smallest absolute Gasteiger partial charge is 0.247 e. The first-order chi connectivity index (χ1) is 15.4. The van der Waals surface area contributed by atoms with Crippen molar-refractivity contribution in [2.24, 2.45) is 5.92 Å². The van der Waals surface area contributed by atoms with Gasteiger partial charge in [-0.25, -0.2) is 0 Å². The van der Waals surface area contributed by atoms with Crippen molar-refractivity contribution < 1.29 is 14.3 Å². The van der Waals surface area contributed by atoms with Crippen molar-refractivity contribution in [3.05, 3.63) is 64.7 Å². The number of amides is 2. The van der Waals surface area contributed by atoms with Crippen LogP contribution in [0.4, 0.5) is 0 Å². The molecule has 2 aromatic carbocycles. The fourth-order valence-electron chi connectivity index (χ4n) is 4.31. The summed E-state index contributed by atoms with van der Waals surface area (Å²) < 4.78 is 5.32. The van der Waals surface area contributed by atoms with E-state index in [0.717, 1.165) is 24.8 Å². The summed E-state index contributed by atoms with van der Waals surface area (Å²) in [5, 5.41) is 3.64. The Morgan fingerprint density at radius 3 is 2.59 bits per heavy atom. The van der Waals surface area contributed by atoms with E-state index >= 15 is 0 Å². The SMILES string of the molecule is COc1cccc(CN(C(=O)CCl)[C@H](C(=O)N[C@@H]2CCCC[C@H]2C)c2ccccc2Cl)c1. The zero-order valence-electron chi connectivity index (χ0n) is 18.5. The highest BCUT2D eigenvalue weighted by Gasteiger charge is 2.35. The van der Waals surface area contributed by atoms with Crippen LogP contribution < -0.4 is 10.1 Å². The second-order valence-corrected chi connectivity index (χ2v) is 8.98. The Kier molecular flexibility index (Phi) is 8.83. The lowest BCUT2D eigenvalue weighted by molar-refractivity contribution is -0.140. The second-order valence-electron chi connectivity index (χ2n) is 8.31. The molecular formula is C25H30Cl2N2O3. The van der Waals surface area contributed by atoms with Gasteiger partial charge in [-0.05, 0) is 42.5 Å². The van der Waals surface area contributed by atoms with Crippen LogP contribution in [-0.2, 0) is 16.1 Å². The summed E-state index contributed by atoms with van der Waals surface area (Å²) in [4.78, 5) is 28.2. The molecular weight excluding hydrogens is 447 g/mol. The Bertz CT molecular complexity index is 937. The number of carbonyl (C=O) groups excluding carboxylic acids is 2. The molecule has 1 N–H and O–H groups in total. The topological polar surface area (TPSA) is 58.6 Å². The molecule has 1 fully saturated rings. The van der Waals surface area contributed by atoms with Crippen molar-refractivity contribution in [2.75, 3.05) is 13.0 Å². The molecule has 0 radical (unpaired) electrons. The molecule has 3 atom stereocenters. The average Bonchev–Trinajstić information content (AvgIpc) is 2.81. The first kappa shape index (κ1) is 24.4. The van der Waals surface area contributed by atoms with E-state index in [4.69, 9.17) is 27.9 Å². The van der Waals surface area contributed by atoms with Crippen LogP contribution in [-0.4, -0.2) is 35.7 Å². The van der Waals surface area contributed by atoms with E-state index in [1.165, 1.54) is 11.3 Å². The summed E-state index contributed by atoms with van der Waals surface area (Å²) >= 11 is 12.5. The maximum absolute atomic E-state index is 13.7. The zero-order chi connectivity index (χ0) is 23.1. The fraction of sp³-hybridized carbons (Fsp3) is 0.440. The summed E-state index contributed by atoms with van der Waals surface area (Å²) in [5.41, 5.74) is 1.41. The number of ether oxygens (including phenoxy) is 1. The van der Waals surface area contributed by atoms with Crippen molar-refractivity contribution in [1.29, 1.82) is 0 Å². The van der Waals surface area contributed by atoms with Gasteiger partial charge in [0.1, 0.15) is 17.7 Å². The van der Waals surface area contributed by atoms with Gasteiger partial charge >= 0.3 is 0 Å². The van der Waals surface area contributed by atoms with Crippen molar-refractivity contribution in [2.45, 2.75) is 51.2 Å². The lowest BCUT2D eigenvalue weighted by Gasteiger charge is -2.35. The molecule has 0 heterocycles. The maximum Gasteiger partial charge on any atom is 0.247 e. The molecule has 0 spiro atoms. The highest BCUT2D eigenvalue weighted by molar-refractivity contribution is 6.31. The molecule has 0 aromatic heterocycles. The van der Waals surface area contributed by atoms with Crippen molar-refractivity contribution >= 4 is 35.0 Å². The third kappa shape index (κ3) is 5.96. The molecule has 5 nitrogen and oxygen atoms in total. The van der Waals surface area contributed by atoms with E-state index in [-0.39, 0.29) is 30.3 Å². The van der Waals surface area contributed by atoms with Crippen molar-refractivity contribution in [3.63, 3.8) is 0 Å². The van der Waals surface area contributed by atoms with E-state index in [1.54, 1.807) is 25.3 Å². The van der Waals surface area contributed by atoms with Gasteiger partial charge in [-0.1, -0.05) is 61.7 Å². The predicted molar refractivity (Wildman–Crippen MR) is 128 cm³/mol. The first-order valence-electron chi connectivity index (χ1n) is 11.0. The number of hydrogen-bond acceptors (Lipinski definition) is 3. The van der Waals surface area contributed by atoms with Crippen LogP contribution in [0, 0.1) is 5.92 Å². The van der Waals surface area contributed by atoms with Crippen LogP contribution in [0.2, 0.25) is 5.02 Å². The van der Waals surface area contributed by atoms with Crippen LogP contribution in [0.15, 0.2) is 48.5 Å². The molecule has 3 rings (SSSR count). The Balaban J connectivity index is 1.98. The maximum atomic E-state index is 13.7. The van der Waals surface area contributed by atoms with E-state index in [0.29, 0.717) is 22.3 Å². The number of hydrogen-bond donors (Lipinski definition) is 1. The van der Waals surface area contributed by atoms with Crippen LogP contribution in [0.25, 0.3) is 0 Å². The minimum atomic E-state index is -0.893. The first-order valence-corrected chi connectivity index (χ1v) is 11.9. The molecule has 1 aliphatic carbocycles. The highest BCUT2D eigenvalue weighted by Crippen LogP contribution is 2.31. The Labute approximate surface area is 200 Å².